The van der Waals surface area contributed by atoms with Crippen LogP contribution >= 0.6 is 0 Å². The van der Waals surface area contributed by atoms with Crippen molar-refractivity contribution in [2.45, 2.75) is 64.1 Å². The fourth-order valence-electron chi connectivity index (χ4n) is 3.44. The molecule has 1 saturated heterocycles. The number of aliphatic hydroxyl groups excluding tert-OH is 1. The smallest absolute Gasteiger partial charge is 0.0561 e. The molecule has 2 rings (SSSR count). The largest absolute Gasteiger partial charge is 0.393 e. The van der Waals surface area contributed by atoms with Crippen LogP contribution in [0.1, 0.15) is 46.5 Å². The summed E-state index contributed by atoms with van der Waals surface area (Å²) in [6.45, 7) is 9.07. The van der Waals surface area contributed by atoms with E-state index in [1.165, 1.54) is 0 Å². The van der Waals surface area contributed by atoms with Crippen molar-refractivity contribution in [1.29, 1.82) is 0 Å². The lowest BCUT2D eigenvalue weighted by Gasteiger charge is -2.46. The molecule has 3 nitrogen and oxygen atoms in total. The van der Waals surface area contributed by atoms with Crippen molar-refractivity contribution in [3.8, 4) is 0 Å². The van der Waals surface area contributed by atoms with Crippen LogP contribution in [0.25, 0.3) is 0 Å². The van der Waals surface area contributed by atoms with E-state index >= 15 is 0 Å². The van der Waals surface area contributed by atoms with E-state index < -0.39 is 0 Å². The predicted molar refractivity (Wildman–Crippen MR) is 66.2 cm³/mol. The molecular weight excluding hydrogens is 200 g/mol. The molecule has 0 radical (unpaired) electrons. The third kappa shape index (κ3) is 2.13. The first-order chi connectivity index (χ1) is 7.33. The minimum atomic E-state index is -0.156. The molecule has 0 amide bonds. The van der Waals surface area contributed by atoms with Crippen LogP contribution in [0.15, 0.2) is 0 Å². The molecule has 0 unspecified atom stereocenters. The van der Waals surface area contributed by atoms with Gasteiger partial charge in [0.25, 0.3) is 0 Å². The Kier molecular flexibility index (Phi) is 3.06. The Morgan fingerprint density at radius 3 is 2.19 bits per heavy atom. The molecule has 1 aliphatic carbocycles. The zero-order chi connectivity index (χ0) is 12.0. The maximum absolute atomic E-state index is 9.75. The van der Waals surface area contributed by atoms with Crippen molar-refractivity contribution in [2.24, 2.45) is 11.1 Å². The standard InChI is InChI=1S/C13H26N2O/c1-12(2,3)15-6-4-13(5-7-15)9-10(16)8-11(13)14/h10-11,16H,4-9,14H2,1-3H3/t10-,11+/m0/s1. The van der Waals surface area contributed by atoms with Gasteiger partial charge in [-0.2, -0.15) is 0 Å². The Labute approximate surface area is 99.0 Å². The van der Waals surface area contributed by atoms with E-state index in [1.807, 2.05) is 0 Å². The van der Waals surface area contributed by atoms with Gasteiger partial charge in [-0.25, -0.2) is 0 Å². The molecule has 3 N–H and O–H groups in total. The van der Waals surface area contributed by atoms with E-state index in [1.54, 1.807) is 0 Å². The Morgan fingerprint density at radius 2 is 1.81 bits per heavy atom. The summed E-state index contributed by atoms with van der Waals surface area (Å²) in [7, 11) is 0. The monoisotopic (exact) mass is 226 g/mol. The average molecular weight is 226 g/mol. The number of hydrogen-bond acceptors (Lipinski definition) is 3. The Morgan fingerprint density at radius 1 is 1.25 bits per heavy atom. The van der Waals surface area contributed by atoms with Gasteiger partial charge in [-0.05, 0) is 65.0 Å². The zero-order valence-electron chi connectivity index (χ0n) is 10.9. The number of aliphatic hydroxyl groups is 1. The van der Waals surface area contributed by atoms with Crippen molar-refractivity contribution < 1.29 is 5.11 Å². The van der Waals surface area contributed by atoms with E-state index in [4.69, 9.17) is 5.73 Å². The van der Waals surface area contributed by atoms with Gasteiger partial charge in [-0.1, -0.05) is 0 Å². The van der Waals surface area contributed by atoms with Gasteiger partial charge in [0, 0.05) is 11.6 Å². The summed E-state index contributed by atoms with van der Waals surface area (Å²) in [5.74, 6) is 0. The second-order valence-corrected chi connectivity index (χ2v) is 6.72. The Bertz CT molecular complexity index is 251. The number of nitrogens with two attached hydrogens (primary N) is 1. The molecule has 2 atom stereocenters. The summed E-state index contributed by atoms with van der Waals surface area (Å²) < 4.78 is 0. The van der Waals surface area contributed by atoms with Crippen LogP contribution in [0.4, 0.5) is 0 Å². The number of hydrogen-bond donors (Lipinski definition) is 2. The molecule has 0 bridgehead atoms. The van der Waals surface area contributed by atoms with Crippen molar-refractivity contribution in [3.05, 3.63) is 0 Å². The van der Waals surface area contributed by atoms with Gasteiger partial charge < -0.3 is 10.8 Å². The Hall–Kier alpha value is -0.120. The maximum Gasteiger partial charge on any atom is 0.0561 e. The molecule has 94 valence electrons. The molecule has 1 aliphatic heterocycles. The van der Waals surface area contributed by atoms with Gasteiger partial charge in [0.15, 0.2) is 0 Å². The van der Waals surface area contributed by atoms with Gasteiger partial charge in [0.05, 0.1) is 6.10 Å². The number of rotatable bonds is 0. The van der Waals surface area contributed by atoms with Gasteiger partial charge in [-0.15, -0.1) is 0 Å². The topological polar surface area (TPSA) is 49.5 Å². The molecule has 1 saturated carbocycles. The van der Waals surface area contributed by atoms with Gasteiger partial charge in [-0.3, -0.25) is 4.90 Å². The summed E-state index contributed by atoms with van der Waals surface area (Å²) in [5, 5.41) is 9.75. The second-order valence-electron chi connectivity index (χ2n) is 6.72. The molecule has 16 heavy (non-hydrogen) atoms. The normalized spacial score (nSPS) is 35.8. The number of nitrogens with zero attached hydrogens (tertiary/aromatic N) is 1. The van der Waals surface area contributed by atoms with Crippen LogP contribution < -0.4 is 5.73 Å². The third-order valence-corrected chi connectivity index (χ3v) is 4.66. The average Bonchev–Trinajstić information content (AvgIpc) is 2.41. The highest BCUT2D eigenvalue weighted by molar-refractivity contribution is 5.02. The molecule has 3 heteroatoms. The van der Waals surface area contributed by atoms with Crippen molar-refractivity contribution in [1.82, 2.24) is 4.90 Å². The van der Waals surface area contributed by atoms with Gasteiger partial charge >= 0.3 is 0 Å². The maximum atomic E-state index is 9.75. The fourth-order valence-corrected chi connectivity index (χ4v) is 3.44. The lowest BCUT2D eigenvalue weighted by molar-refractivity contribution is 0.0317. The Balaban J connectivity index is 1.99. The van der Waals surface area contributed by atoms with Crippen molar-refractivity contribution in [2.75, 3.05) is 13.1 Å². The molecule has 0 aromatic heterocycles. The number of piperidine rings is 1. The molecule has 0 aromatic rings. The minimum absolute atomic E-state index is 0.156. The lowest BCUT2D eigenvalue weighted by atomic mass is 9.73. The lowest BCUT2D eigenvalue weighted by Crippen LogP contribution is -2.52. The summed E-state index contributed by atoms with van der Waals surface area (Å²) in [4.78, 5) is 2.54. The number of likely N-dealkylation sites (tertiary alicyclic amines) is 1. The predicted octanol–water partition coefficient (Wildman–Crippen LogP) is 1.35. The van der Waals surface area contributed by atoms with Crippen LogP contribution in [-0.2, 0) is 0 Å². The summed E-state index contributed by atoms with van der Waals surface area (Å²) >= 11 is 0. The highest BCUT2D eigenvalue weighted by Gasteiger charge is 2.47. The highest BCUT2D eigenvalue weighted by atomic mass is 16.3. The quantitative estimate of drug-likeness (QED) is 0.655. The van der Waals surface area contributed by atoms with E-state index in [9.17, 15) is 5.11 Å². The molecule has 2 aliphatic rings. The summed E-state index contributed by atoms with van der Waals surface area (Å²) in [6.07, 6.45) is 3.88. The second kappa shape index (κ2) is 3.97. The first-order valence-corrected chi connectivity index (χ1v) is 6.52. The fraction of sp³-hybridized carbons (Fsp3) is 1.00. The van der Waals surface area contributed by atoms with Crippen LogP contribution in [0.2, 0.25) is 0 Å². The van der Waals surface area contributed by atoms with E-state index in [0.29, 0.717) is 0 Å². The van der Waals surface area contributed by atoms with Crippen molar-refractivity contribution in [3.63, 3.8) is 0 Å². The van der Waals surface area contributed by atoms with Crippen LogP contribution in [0.3, 0.4) is 0 Å². The summed E-state index contributed by atoms with van der Waals surface area (Å²) in [5.41, 5.74) is 6.71. The summed E-state index contributed by atoms with van der Waals surface area (Å²) in [6, 6.07) is 0.213. The van der Waals surface area contributed by atoms with E-state index in [2.05, 4.69) is 25.7 Å². The first-order valence-electron chi connectivity index (χ1n) is 6.52. The molecule has 0 aromatic carbocycles. The molecule has 1 heterocycles. The van der Waals surface area contributed by atoms with Gasteiger partial charge in [0.1, 0.15) is 0 Å². The van der Waals surface area contributed by atoms with Crippen LogP contribution in [0, 0.1) is 5.41 Å². The minimum Gasteiger partial charge on any atom is -0.393 e. The van der Waals surface area contributed by atoms with E-state index in [0.717, 1.165) is 38.8 Å². The van der Waals surface area contributed by atoms with Crippen molar-refractivity contribution >= 4 is 0 Å². The van der Waals surface area contributed by atoms with Gasteiger partial charge in [0.2, 0.25) is 0 Å². The SMILES string of the molecule is CC(C)(C)N1CCC2(CC1)C[C@@H](O)C[C@H]2N. The third-order valence-electron chi connectivity index (χ3n) is 4.66. The molecular formula is C13H26N2O. The zero-order valence-corrected chi connectivity index (χ0v) is 10.9. The van der Waals surface area contributed by atoms with Crippen LogP contribution in [0.5, 0.6) is 0 Å². The van der Waals surface area contributed by atoms with Crippen LogP contribution in [-0.4, -0.2) is 40.8 Å². The highest BCUT2D eigenvalue weighted by Crippen LogP contribution is 2.46. The van der Waals surface area contributed by atoms with E-state index in [-0.39, 0.29) is 23.1 Å². The molecule has 1 spiro atoms. The molecule has 2 fully saturated rings. The first kappa shape index (κ1) is 12.3.